The van der Waals surface area contributed by atoms with Crippen molar-refractivity contribution in [3.05, 3.63) is 59.7 Å². The van der Waals surface area contributed by atoms with E-state index in [0.29, 0.717) is 29.3 Å². The monoisotopic (exact) mass is 391 g/mol. The summed E-state index contributed by atoms with van der Waals surface area (Å²) in [4.78, 5) is 10.7. The minimum absolute atomic E-state index is 0.268. The Labute approximate surface area is 160 Å². The molecule has 0 aliphatic heterocycles. The van der Waals surface area contributed by atoms with Crippen LogP contribution < -0.4 is 9.64 Å². The lowest BCUT2D eigenvalue weighted by molar-refractivity contribution is -0.153. The number of hydrogen-bond donors (Lipinski definition) is 0. The molecule has 1 aromatic carbocycles. The van der Waals surface area contributed by atoms with Gasteiger partial charge in [0.15, 0.2) is 12.4 Å². The molecule has 0 spiro atoms. The van der Waals surface area contributed by atoms with Gasteiger partial charge in [-0.25, -0.2) is 9.67 Å². The van der Waals surface area contributed by atoms with E-state index in [9.17, 15) is 13.2 Å². The molecule has 2 heterocycles. The quantitative estimate of drug-likeness (QED) is 0.639. The Balaban J connectivity index is 1.76. The summed E-state index contributed by atoms with van der Waals surface area (Å²) in [6, 6.07) is 5.44. The van der Waals surface area contributed by atoms with Crippen LogP contribution in [0.25, 0.3) is 5.82 Å². The van der Waals surface area contributed by atoms with Crippen molar-refractivity contribution >= 4 is 5.82 Å². The van der Waals surface area contributed by atoms with Crippen LogP contribution in [0.15, 0.2) is 43.0 Å². The Hall–Kier alpha value is -3.10. The second-order valence-corrected chi connectivity index (χ2v) is 6.50. The fourth-order valence-electron chi connectivity index (χ4n) is 2.91. The molecule has 0 unspecified atom stereocenters. The zero-order chi connectivity index (χ0) is 20.3. The summed E-state index contributed by atoms with van der Waals surface area (Å²) < 4.78 is 43.9. The second-order valence-electron chi connectivity index (χ2n) is 6.50. The fourth-order valence-corrected chi connectivity index (χ4v) is 2.91. The topological polar surface area (TPSA) is 56.1 Å². The molecule has 3 rings (SSSR count). The van der Waals surface area contributed by atoms with Crippen molar-refractivity contribution in [1.29, 1.82) is 0 Å². The van der Waals surface area contributed by atoms with Gasteiger partial charge >= 0.3 is 6.18 Å². The molecule has 2 aromatic heterocycles. The van der Waals surface area contributed by atoms with Gasteiger partial charge in [-0.3, -0.25) is 4.98 Å². The van der Waals surface area contributed by atoms with Crippen molar-refractivity contribution in [2.24, 2.45) is 0 Å². The van der Waals surface area contributed by atoms with E-state index >= 15 is 0 Å². The van der Waals surface area contributed by atoms with Gasteiger partial charge in [0.25, 0.3) is 0 Å². The van der Waals surface area contributed by atoms with Gasteiger partial charge < -0.3 is 9.64 Å². The van der Waals surface area contributed by atoms with Gasteiger partial charge in [-0.1, -0.05) is 12.1 Å². The molecule has 0 saturated carbocycles. The highest BCUT2D eigenvalue weighted by Crippen LogP contribution is 2.28. The molecular formula is C19H20F3N5O. The smallest absolute Gasteiger partial charge is 0.422 e. The Morgan fingerprint density at radius 3 is 2.46 bits per heavy atom. The maximum absolute atomic E-state index is 12.4. The summed E-state index contributed by atoms with van der Waals surface area (Å²) in [6.45, 7) is 2.68. The van der Waals surface area contributed by atoms with Gasteiger partial charge in [-0.05, 0) is 36.6 Å². The van der Waals surface area contributed by atoms with Crippen LogP contribution in [0.1, 0.15) is 16.7 Å². The molecule has 0 N–H and O–H groups in total. The van der Waals surface area contributed by atoms with Crippen molar-refractivity contribution in [3.8, 4) is 11.6 Å². The summed E-state index contributed by atoms with van der Waals surface area (Å²) in [5.41, 5.74) is 2.25. The first-order chi connectivity index (χ1) is 13.2. The van der Waals surface area contributed by atoms with Crippen molar-refractivity contribution in [1.82, 2.24) is 19.7 Å². The number of ether oxygens (including phenoxy) is 1. The minimum atomic E-state index is -4.37. The molecule has 28 heavy (non-hydrogen) atoms. The van der Waals surface area contributed by atoms with E-state index in [1.165, 1.54) is 0 Å². The van der Waals surface area contributed by atoms with Gasteiger partial charge in [0.05, 0.1) is 12.4 Å². The maximum atomic E-state index is 12.4. The highest BCUT2D eigenvalue weighted by atomic mass is 19.4. The zero-order valence-corrected chi connectivity index (χ0v) is 15.7. The number of rotatable bonds is 6. The zero-order valence-electron chi connectivity index (χ0n) is 15.7. The van der Waals surface area contributed by atoms with E-state index in [0.717, 1.165) is 5.56 Å². The number of alkyl halides is 3. The van der Waals surface area contributed by atoms with Crippen LogP contribution in [0.5, 0.6) is 5.75 Å². The lowest BCUT2D eigenvalue weighted by atomic mass is 10.1. The van der Waals surface area contributed by atoms with Crippen LogP contribution >= 0.6 is 0 Å². The minimum Gasteiger partial charge on any atom is -0.484 e. The lowest BCUT2D eigenvalue weighted by Crippen LogP contribution is -2.21. The summed E-state index contributed by atoms with van der Waals surface area (Å²) in [5.74, 6) is 1.52. The van der Waals surface area contributed by atoms with Crippen LogP contribution in [-0.2, 0) is 6.54 Å². The second kappa shape index (κ2) is 7.87. The van der Waals surface area contributed by atoms with Crippen LogP contribution in [0, 0.1) is 13.8 Å². The highest BCUT2D eigenvalue weighted by molar-refractivity contribution is 5.46. The van der Waals surface area contributed by atoms with Crippen LogP contribution in [0.3, 0.4) is 0 Å². The molecule has 0 fully saturated rings. The number of hydrogen-bond acceptors (Lipinski definition) is 5. The van der Waals surface area contributed by atoms with Crippen molar-refractivity contribution in [2.45, 2.75) is 26.6 Å². The van der Waals surface area contributed by atoms with E-state index < -0.39 is 12.8 Å². The first-order valence-corrected chi connectivity index (χ1v) is 8.56. The first-order valence-electron chi connectivity index (χ1n) is 8.56. The SMILES string of the molecule is Cc1cc(CN(C)c2cncc(-n3cccn3)n2)cc(C)c1OCC(F)(F)F. The molecule has 0 aliphatic carbocycles. The third kappa shape index (κ3) is 4.79. The number of halogens is 3. The number of aryl methyl sites for hydroxylation is 2. The Morgan fingerprint density at radius 1 is 1.14 bits per heavy atom. The molecule has 9 heteroatoms. The van der Waals surface area contributed by atoms with E-state index in [4.69, 9.17) is 4.74 Å². The summed E-state index contributed by atoms with van der Waals surface area (Å²) >= 11 is 0. The molecular weight excluding hydrogens is 371 g/mol. The predicted octanol–water partition coefficient (Wildman–Crippen LogP) is 3.86. The molecule has 0 radical (unpaired) electrons. The molecule has 0 amide bonds. The standard InChI is InChI=1S/C19H20F3N5O/c1-13-7-15(8-14(2)18(13)28-12-19(20,21)22)11-26(3)16-9-23-10-17(25-16)27-6-4-5-24-27/h4-10H,11-12H2,1-3H3. The van der Waals surface area contributed by atoms with Gasteiger partial charge in [0.1, 0.15) is 11.6 Å². The molecule has 0 saturated heterocycles. The molecule has 3 aromatic rings. The van der Waals surface area contributed by atoms with Crippen LogP contribution in [-0.4, -0.2) is 39.6 Å². The Morgan fingerprint density at radius 2 is 1.86 bits per heavy atom. The Bertz CT molecular complexity index is 918. The molecule has 0 bridgehead atoms. The number of benzene rings is 1. The average molecular weight is 391 g/mol. The van der Waals surface area contributed by atoms with Crippen molar-refractivity contribution in [3.63, 3.8) is 0 Å². The van der Waals surface area contributed by atoms with Gasteiger partial charge in [-0.2, -0.15) is 18.3 Å². The van der Waals surface area contributed by atoms with Crippen LogP contribution in [0.2, 0.25) is 0 Å². The number of anilines is 1. The third-order valence-electron chi connectivity index (χ3n) is 4.06. The van der Waals surface area contributed by atoms with Crippen LogP contribution in [0.4, 0.5) is 19.0 Å². The third-order valence-corrected chi connectivity index (χ3v) is 4.06. The van der Waals surface area contributed by atoms with E-state index in [1.54, 1.807) is 49.4 Å². The highest BCUT2D eigenvalue weighted by Gasteiger charge is 2.29. The largest absolute Gasteiger partial charge is 0.484 e. The average Bonchev–Trinajstić information content (AvgIpc) is 3.15. The van der Waals surface area contributed by atoms with Gasteiger partial charge in [0, 0.05) is 26.0 Å². The molecule has 148 valence electrons. The summed E-state index contributed by atoms with van der Waals surface area (Å²) in [6.07, 6.45) is 2.33. The first kappa shape index (κ1) is 19.7. The fraction of sp³-hybridized carbons (Fsp3) is 0.316. The van der Waals surface area contributed by atoms with Gasteiger partial charge in [0.2, 0.25) is 0 Å². The van der Waals surface area contributed by atoms with Gasteiger partial charge in [-0.15, -0.1) is 0 Å². The Kier molecular flexibility index (Phi) is 5.53. The van der Waals surface area contributed by atoms with Crippen molar-refractivity contribution < 1.29 is 17.9 Å². The molecule has 0 aliphatic rings. The summed E-state index contributed by atoms with van der Waals surface area (Å²) in [5, 5.41) is 4.14. The lowest BCUT2D eigenvalue weighted by Gasteiger charge is -2.20. The number of aromatic nitrogens is 4. The predicted molar refractivity (Wildman–Crippen MR) is 98.7 cm³/mol. The number of nitrogens with zero attached hydrogens (tertiary/aromatic N) is 5. The maximum Gasteiger partial charge on any atom is 0.422 e. The molecule has 6 nitrogen and oxygen atoms in total. The summed E-state index contributed by atoms with van der Waals surface area (Å²) in [7, 11) is 1.87. The molecule has 0 atom stereocenters. The van der Waals surface area contributed by atoms with E-state index in [-0.39, 0.29) is 5.75 Å². The van der Waals surface area contributed by atoms with Crippen molar-refractivity contribution in [2.75, 3.05) is 18.6 Å². The normalized spacial score (nSPS) is 11.5. The van der Waals surface area contributed by atoms with E-state index in [2.05, 4.69) is 15.1 Å². The van der Waals surface area contributed by atoms with E-state index in [1.807, 2.05) is 24.1 Å².